The molecule has 0 fully saturated rings. The van der Waals surface area contributed by atoms with Crippen molar-refractivity contribution in [2.24, 2.45) is 0 Å². The summed E-state index contributed by atoms with van der Waals surface area (Å²) >= 11 is 5.94. The molecule has 3 nitrogen and oxygen atoms in total. The monoisotopic (exact) mass is 224 g/mol. The predicted molar refractivity (Wildman–Crippen MR) is 60.7 cm³/mol. The highest BCUT2D eigenvalue weighted by Gasteiger charge is 2.18. The van der Waals surface area contributed by atoms with Gasteiger partial charge in [0.1, 0.15) is 0 Å². The van der Waals surface area contributed by atoms with Crippen LogP contribution in [0.3, 0.4) is 0 Å². The number of carbonyl (C=O) groups is 1. The highest BCUT2D eigenvalue weighted by Crippen LogP contribution is 2.27. The number of anilines is 1. The molecule has 0 radical (unpaired) electrons. The summed E-state index contributed by atoms with van der Waals surface area (Å²) in [5.41, 5.74) is 8.62. The van der Waals surface area contributed by atoms with E-state index in [0.717, 1.165) is 18.5 Å². The van der Waals surface area contributed by atoms with E-state index in [-0.39, 0.29) is 5.91 Å². The molecule has 1 aromatic rings. The van der Waals surface area contributed by atoms with Crippen molar-refractivity contribution in [1.82, 2.24) is 4.90 Å². The number of halogens is 1. The van der Waals surface area contributed by atoms with Gasteiger partial charge in [-0.2, -0.15) is 0 Å². The van der Waals surface area contributed by atoms with Gasteiger partial charge in [0.05, 0.1) is 10.7 Å². The molecule has 0 unspecified atom stereocenters. The summed E-state index contributed by atoms with van der Waals surface area (Å²) in [6.45, 7) is 3.00. The molecule has 15 heavy (non-hydrogen) atoms. The standard InChI is InChI=1S/C11H13ClN2O/c1-7(15)14-3-2-8-4-10(12)11(13)5-9(8)6-14/h4-5H,2-3,6,13H2,1H3. The molecule has 1 amide bonds. The Morgan fingerprint density at radius 2 is 2.20 bits per heavy atom. The normalized spacial score (nSPS) is 14.9. The van der Waals surface area contributed by atoms with Gasteiger partial charge in [0.15, 0.2) is 0 Å². The maximum atomic E-state index is 11.2. The minimum Gasteiger partial charge on any atom is -0.398 e. The van der Waals surface area contributed by atoms with Gasteiger partial charge in [-0.15, -0.1) is 0 Å². The Hall–Kier alpha value is -1.22. The first kappa shape index (κ1) is 10.3. The fourth-order valence-electron chi connectivity index (χ4n) is 1.87. The lowest BCUT2D eigenvalue weighted by atomic mass is 9.99. The summed E-state index contributed by atoms with van der Waals surface area (Å²) in [6, 6.07) is 3.77. The van der Waals surface area contributed by atoms with Crippen LogP contribution in [-0.2, 0) is 17.8 Å². The maximum Gasteiger partial charge on any atom is 0.219 e. The molecule has 1 heterocycles. The van der Waals surface area contributed by atoms with Gasteiger partial charge in [0.25, 0.3) is 0 Å². The fourth-order valence-corrected chi connectivity index (χ4v) is 2.05. The summed E-state index contributed by atoms with van der Waals surface area (Å²) < 4.78 is 0. The molecule has 80 valence electrons. The molecular formula is C11H13ClN2O. The molecule has 0 bridgehead atoms. The summed E-state index contributed by atoms with van der Waals surface area (Å²) in [5.74, 6) is 0.106. The summed E-state index contributed by atoms with van der Waals surface area (Å²) in [5, 5.41) is 0.602. The van der Waals surface area contributed by atoms with Gasteiger partial charge in [-0.1, -0.05) is 11.6 Å². The highest BCUT2D eigenvalue weighted by atomic mass is 35.5. The van der Waals surface area contributed by atoms with E-state index >= 15 is 0 Å². The smallest absolute Gasteiger partial charge is 0.219 e. The zero-order valence-corrected chi connectivity index (χ0v) is 9.34. The first-order valence-corrected chi connectivity index (χ1v) is 5.28. The Morgan fingerprint density at radius 1 is 1.47 bits per heavy atom. The first-order chi connectivity index (χ1) is 7.08. The van der Waals surface area contributed by atoms with E-state index in [9.17, 15) is 4.79 Å². The van der Waals surface area contributed by atoms with Crippen LogP contribution < -0.4 is 5.73 Å². The van der Waals surface area contributed by atoms with E-state index < -0.39 is 0 Å². The number of fused-ring (bicyclic) bond motifs is 1. The van der Waals surface area contributed by atoms with Crippen molar-refractivity contribution in [2.45, 2.75) is 19.9 Å². The number of rotatable bonds is 0. The van der Waals surface area contributed by atoms with Gasteiger partial charge < -0.3 is 10.6 Å². The van der Waals surface area contributed by atoms with E-state index in [1.807, 2.05) is 17.0 Å². The van der Waals surface area contributed by atoms with E-state index in [1.165, 1.54) is 5.56 Å². The van der Waals surface area contributed by atoms with E-state index in [2.05, 4.69) is 0 Å². The van der Waals surface area contributed by atoms with Gasteiger partial charge >= 0.3 is 0 Å². The largest absolute Gasteiger partial charge is 0.398 e. The Labute approximate surface area is 93.8 Å². The third-order valence-corrected chi connectivity index (χ3v) is 3.10. The van der Waals surface area contributed by atoms with Crippen molar-refractivity contribution in [1.29, 1.82) is 0 Å². The third kappa shape index (κ3) is 1.92. The van der Waals surface area contributed by atoms with E-state index in [4.69, 9.17) is 17.3 Å². The molecule has 2 N–H and O–H groups in total. The van der Waals surface area contributed by atoms with Crippen molar-refractivity contribution >= 4 is 23.2 Å². The number of hydrogen-bond acceptors (Lipinski definition) is 2. The third-order valence-electron chi connectivity index (χ3n) is 2.78. The number of hydrogen-bond donors (Lipinski definition) is 1. The maximum absolute atomic E-state index is 11.2. The zero-order chi connectivity index (χ0) is 11.0. The average Bonchev–Trinajstić information content (AvgIpc) is 2.19. The second-order valence-corrected chi connectivity index (χ2v) is 4.24. The first-order valence-electron chi connectivity index (χ1n) is 4.90. The molecule has 2 rings (SSSR count). The number of nitrogens with zero attached hydrogens (tertiary/aromatic N) is 1. The van der Waals surface area contributed by atoms with Crippen LogP contribution in [-0.4, -0.2) is 17.4 Å². The molecule has 1 aliphatic rings. The number of nitrogen functional groups attached to an aromatic ring is 1. The van der Waals surface area contributed by atoms with E-state index in [0.29, 0.717) is 17.3 Å². The second-order valence-electron chi connectivity index (χ2n) is 3.83. The van der Waals surface area contributed by atoms with Crippen LogP contribution in [0.15, 0.2) is 12.1 Å². The predicted octanol–water partition coefficient (Wildman–Crippen LogP) is 1.83. The highest BCUT2D eigenvalue weighted by molar-refractivity contribution is 6.33. The molecule has 0 aliphatic carbocycles. The topological polar surface area (TPSA) is 46.3 Å². The molecule has 0 aromatic heterocycles. The molecule has 0 saturated heterocycles. The SMILES string of the molecule is CC(=O)N1CCc2cc(Cl)c(N)cc2C1. The Bertz CT molecular complexity index is 417. The molecular weight excluding hydrogens is 212 g/mol. The van der Waals surface area contributed by atoms with Crippen molar-refractivity contribution in [3.63, 3.8) is 0 Å². The summed E-state index contributed by atoms with van der Waals surface area (Å²) in [7, 11) is 0. The lowest BCUT2D eigenvalue weighted by molar-refractivity contribution is -0.129. The Morgan fingerprint density at radius 3 is 2.87 bits per heavy atom. The van der Waals surface area contributed by atoms with Crippen LogP contribution in [0.1, 0.15) is 18.1 Å². The lowest BCUT2D eigenvalue weighted by Gasteiger charge is -2.28. The van der Waals surface area contributed by atoms with Gasteiger partial charge in [0.2, 0.25) is 5.91 Å². The number of carbonyl (C=O) groups excluding carboxylic acids is 1. The van der Waals surface area contributed by atoms with Crippen molar-refractivity contribution in [3.05, 3.63) is 28.3 Å². The molecule has 1 aliphatic heterocycles. The number of amides is 1. The average molecular weight is 225 g/mol. The Kier molecular flexibility index (Phi) is 2.57. The molecule has 0 spiro atoms. The summed E-state index contributed by atoms with van der Waals surface area (Å²) in [6.07, 6.45) is 0.856. The van der Waals surface area contributed by atoms with Gasteiger partial charge in [-0.25, -0.2) is 0 Å². The van der Waals surface area contributed by atoms with Crippen molar-refractivity contribution in [3.8, 4) is 0 Å². The molecule has 0 atom stereocenters. The second kappa shape index (κ2) is 3.74. The minimum atomic E-state index is 0.106. The van der Waals surface area contributed by atoms with E-state index in [1.54, 1.807) is 6.92 Å². The molecule has 1 aromatic carbocycles. The van der Waals surface area contributed by atoms with Crippen LogP contribution in [0.25, 0.3) is 0 Å². The minimum absolute atomic E-state index is 0.106. The molecule has 4 heteroatoms. The zero-order valence-electron chi connectivity index (χ0n) is 8.59. The lowest BCUT2D eigenvalue weighted by Crippen LogP contribution is -2.34. The summed E-state index contributed by atoms with van der Waals surface area (Å²) in [4.78, 5) is 13.0. The van der Waals surface area contributed by atoms with Crippen LogP contribution in [0.4, 0.5) is 5.69 Å². The molecule has 0 saturated carbocycles. The number of nitrogens with two attached hydrogens (primary N) is 1. The van der Waals surface area contributed by atoms with Gasteiger partial charge in [-0.05, 0) is 29.7 Å². The fraction of sp³-hybridized carbons (Fsp3) is 0.364. The van der Waals surface area contributed by atoms with Gasteiger partial charge in [-0.3, -0.25) is 4.79 Å². The van der Waals surface area contributed by atoms with Crippen LogP contribution in [0.5, 0.6) is 0 Å². The quantitative estimate of drug-likeness (QED) is 0.684. The van der Waals surface area contributed by atoms with Crippen LogP contribution >= 0.6 is 11.6 Å². The van der Waals surface area contributed by atoms with Gasteiger partial charge in [0, 0.05) is 20.0 Å². The van der Waals surface area contributed by atoms with Crippen LogP contribution in [0.2, 0.25) is 5.02 Å². The number of benzene rings is 1. The van der Waals surface area contributed by atoms with Crippen molar-refractivity contribution in [2.75, 3.05) is 12.3 Å². The Balaban J connectivity index is 2.34. The van der Waals surface area contributed by atoms with Crippen LogP contribution in [0, 0.1) is 0 Å². The van der Waals surface area contributed by atoms with Crippen molar-refractivity contribution < 1.29 is 4.79 Å².